The molecular weight excluding hydrogens is 388 g/mol. The minimum atomic E-state index is -0.229. The van der Waals surface area contributed by atoms with Crippen LogP contribution in [0, 0.1) is 0 Å². The molecule has 0 saturated heterocycles. The number of carbonyl (C=O) groups is 1. The number of hydrogen-bond acceptors (Lipinski definition) is 7. The first-order valence-corrected chi connectivity index (χ1v) is 9.62. The van der Waals surface area contributed by atoms with E-state index in [0.717, 1.165) is 17.7 Å². The summed E-state index contributed by atoms with van der Waals surface area (Å²) in [4.78, 5) is 18.5. The summed E-state index contributed by atoms with van der Waals surface area (Å²) in [6, 6.07) is 13.2. The van der Waals surface area contributed by atoms with Crippen LogP contribution in [0.5, 0.6) is 23.0 Å². The van der Waals surface area contributed by atoms with E-state index in [1.807, 2.05) is 24.3 Å². The van der Waals surface area contributed by atoms with Crippen LogP contribution in [0.15, 0.2) is 53.1 Å². The fourth-order valence-electron chi connectivity index (χ4n) is 3.53. The maximum atomic E-state index is 12.7. The molecule has 5 rings (SSSR count). The predicted molar refractivity (Wildman–Crippen MR) is 105 cm³/mol. The number of benzene rings is 2. The molecule has 1 aromatic heterocycles. The minimum Gasteiger partial charge on any atom is -0.488 e. The lowest BCUT2D eigenvalue weighted by Gasteiger charge is -2.20. The number of fused-ring (bicyclic) bond motifs is 2. The van der Waals surface area contributed by atoms with Gasteiger partial charge in [0.1, 0.15) is 23.9 Å². The fraction of sp³-hybridized carbons (Fsp3) is 0.273. The second kappa shape index (κ2) is 7.62. The van der Waals surface area contributed by atoms with E-state index in [1.54, 1.807) is 30.1 Å². The highest BCUT2D eigenvalue weighted by Gasteiger charge is 2.26. The minimum absolute atomic E-state index is 0.0722. The third kappa shape index (κ3) is 3.63. The second-order valence-electron chi connectivity index (χ2n) is 7.17. The van der Waals surface area contributed by atoms with E-state index in [4.69, 9.17) is 23.4 Å². The van der Waals surface area contributed by atoms with Crippen LogP contribution in [0.25, 0.3) is 0 Å². The Labute approximate surface area is 172 Å². The molecule has 0 aliphatic carbocycles. The Hall–Kier alpha value is -3.68. The number of likely N-dealkylation sites (N-methyl/N-ethyl adjacent to an activating group) is 1. The van der Waals surface area contributed by atoms with Gasteiger partial charge < -0.3 is 28.3 Å². The lowest BCUT2D eigenvalue weighted by atomic mass is 10.1. The molecule has 1 unspecified atom stereocenters. The van der Waals surface area contributed by atoms with Gasteiger partial charge in [0.25, 0.3) is 5.91 Å². The molecule has 3 heterocycles. The van der Waals surface area contributed by atoms with Crippen LogP contribution in [-0.2, 0) is 13.0 Å². The molecule has 8 nitrogen and oxygen atoms in total. The van der Waals surface area contributed by atoms with Gasteiger partial charge in [-0.05, 0) is 23.8 Å². The molecule has 0 N–H and O–H groups in total. The van der Waals surface area contributed by atoms with Crippen molar-refractivity contribution < 1.29 is 28.2 Å². The first-order valence-electron chi connectivity index (χ1n) is 9.62. The fourth-order valence-corrected chi connectivity index (χ4v) is 3.53. The van der Waals surface area contributed by atoms with Gasteiger partial charge >= 0.3 is 0 Å². The smallest absolute Gasteiger partial charge is 0.275 e. The van der Waals surface area contributed by atoms with Crippen molar-refractivity contribution in [3.05, 3.63) is 65.9 Å². The van der Waals surface area contributed by atoms with Crippen LogP contribution in [0.3, 0.4) is 0 Å². The highest BCUT2D eigenvalue weighted by atomic mass is 16.7. The topological polar surface area (TPSA) is 83.3 Å². The molecule has 3 aromatic rings. The van der Waals surface area contributed by atoms with Crippen molar-refractivity contribution in [1.29, 1.82) is 0 Å². The SMILES string of the molecule is CN(CC1Cc2ccccc2O1)C(=O)c1coc(COc2ccc3c(c2)OCO3)n1. The van der Waals surface area contributed by atoms with Crippen molar-refractivity contribution in [2.75, 3.05) is 20.4 Å². The number of nitrogens with zero attached hydrogens (tertiary/aromatic N) is 2. The van der Waals surface area contributed by atoms with Gasteiger partial charge in [-0.2, -0.15) is 0 Å². The number of para-hydroxylation sites is 1. The maximum absolute atomic E-state index is 12.7. The quantitative estimate of drug-likeness (QED) is 0.620. The summed E-state index contributed by atoms with van der Waals surface area (Å²) in [5, 5.41) is 0. The van der Waals surface area contributed by atoms with Crippen molar-refractivity contribution in [2.45, 2.75) is 19.1 Å². The average Bonchev–Trinajstić information content (AvgIpc) is 3.49. The molecule has 8 heteroatoms. The molecule has 2 aliphatic heterocycles. The van der Waals surface area contributed by atoms with Gasteiger partial charge in [0.15, 0.2) is 23.8 Å². The Balaban J connectivity index is 1.16. The number of hydrogen-bond donors (Lipinski definition) is 0. The van der Waals surface area contributed by atoms with Crippen molar-refractivity contribution in [3.63, 3.8) is 0 Å². The molecule has 1 atom stereocenters. The van der Waals surface area contributed by atoms with E-state index in [1.165, 1.54) is 6.26 Å². The number of oxazole rings is 1. The zero-order valence-corrected chi connectivity index (χ0v) is 16.4. The normalized spacial score (nSPS) is 16.1. The number of aromatic nitrogens is 1. The van der Waals surface area contributed by atoms with E-state index >= 15 is 0 Å². The third-order valence-electron chi connectivity index (χ3n) is 5.02. The van der Waals surface area contributed by atoms with E-state index in [9.17, 15) is 4.79 Å². The van der Waals surface area contributed by atoms with Crippen LogP contribution < -0.4 is 18.9 Å². The molecule has 1 amide bonds. The molecule has 0 fully saturated rings. The summed E-state index contributed by atoms with van der Waals surface area (Å²) in [5.74, 6) is 2.88. The van der Waals surface area contributed by atoms with Gasteiger partial charge in [0, 0.05) is 19.5 Å². The largest absolute Gasteiger partial charge is 0.488 e. The Bertz CT molecular complexity index is 1050. The monoisotopic (exact) mass is 408 g/mol. The Morgan fingerprint density at radius 1 is 1.17 bits per heavy atom. The van der Waals surface area contributed by atoms with Gasteiger partial charge in [0.2, 0.25) is 12.7 Å². The number of ether oxygens (including phenoxy) is 4. The zero-order valence-electron chi connectivity index (χ0n) is 16.4. The highest BCUT2D eigenvalue weighted by Crippen LogP contribution is 2.35. The Kier molecular flexibility index (Phi) is 4.66. The van der Waals surface area contributed by atoms with E-state index in [2.05, 4.69) is 4.98 Å². The molecule has 2 aromatic carbocycles. The van der Waals surface area contributed by atoms with Crippen LogP contribution in [0.4, 0.5) is 0 Å². The molecule has 0 bridgehead atoms. The zero-order chi connectivity index (χ0) is 20.5. The molecule has 30 heavy (non-hydrogen) atoms. The van der Waals surface area contributed by atoms with Gasteiger partial charge in [-0.15, -0.1) is 0 Å². The first kappa shape index (κ1) is 18.4. The van der Waals surface area contributed by atoms with Crippen LogP contribution in [0.2, 0.25) is 0 Å². The number of rotatable bonds is 6. The lowest BCUT2D eigenvalue weighted by molar-refractivity contribution is 0.0724. The summed E-state index contributed by atoms with van der Waals surface area (Å²) in [7, 11) is 1.73. The summed E-state index contributed by atoms with van der Waals surface area (Å²) in [6.07, 6.45) is 2.06. The summed E-state index contributed by atoms with van der Waals surface area (Å²) >= 11 is 0. The highest BCUT2D eigenvalue weighted by molar-refractivity contribution is 5.91. The molecule has 154 valence electrons. The van der Waals surface area contributed by atoms with Crippen molar-refractivity contribution in [3.8, 4) is 23.0 Å². The Morgan fingerprint density at radius 2 is 2.03 bits per heavy atom. The molecule has 0 radical (unpaired) electrons. The molecular formula is C22H20N2O6. The summed E-state index contributed by atoms with van der Waals surface area (Å²) in [6.45, 7) is 0.761. The molecule has 2 aliphatic rings. The van der Waals surface area contributed by atoms with Crippen LogP contribution in [-0.4, -0.2) is 42.3 Å². The van der Waals surface area contributed by atoms with E-state index in [0.29, 0.717) is 29.7 Å². The van der Waals surface area contributed by atoms with Crippen molar-refractivity contribution in [2.24, 2.45) is 0 Å². The van der Waals surface area contributed by atoms with Gasteiger partial charge in [0.05, 0.1) is 6.54 Å². The van der Waals surface area contributed by atoms with Crippen molar-refractivity contribution in [1.82, 2.24) is 9.88 Å². The standard InChI is InChI=1S/C22H20N2O6/c1-24(10-16-8-14-4-2-3-5-18(14)30-16)22(25)17-11-27-21(23-17)12-26-15-6-7-19-20(9-15)29-13-28-19/h2-7,9,11,16H,8,10,12-13H2,1H3. The van der Waals surface area contributed by atoms with Gasteiger partial charge in [-0.3, -0.25) is 4.79 Å². The second-order valence-corrected chi connectivity index (χ2v) is 7.17. The lowest BCUT2D eigenvalue weighted by Crippen LogP contribution is -2.36. The summed E-state index contributed by atoms with van der Waals surface area (Å²) < 4.78 is 27.6. The third-order valence-corrected chi connectivity index (χ3v) is 5.02. The molecule has 0 saturated carbocycles. The number of carbonyl (C=O) groups excluding carboxylic acids is 1. The van der Waals surface area contributed by atoms with Crippen LogP contribution in [0.1, 0.15) is 21.9 Å². The van der Waals surface area contributed by atoms with Gasteiger partial charge in [-0.25, -0.2) is 4.98 Å². The summed E-state index contributed by atoms with van der Waals surface area (Å²) in [5.41, 5.74) is 1.39. The van der Waals surface area contributed by atoms with Crippen LogP contribution >= 0.6 is 0 Å². The van der Waals surface area contributed by atoms with Gasteiger partial charge in [-0.1, -0.05) is 18.2 Å². The molecule has 0 spiro atoms. The average molecular weight is 408 g/mol. The van der Waals surface area contributed by atoms with E-state index < -0.39 is 0 Å². The number of amides is 1. The predicted octanol–water partition coefficient (Wildman–Crippen LogP) is 3.06. The Morgan fingerprint density at radius 3 is 2.93 bits per heavy atom. The van der Waals surface area contributed by atoms with E-state index in [-0.39, 0.29) is 31.1 Å². The van der Waals surface area contributed by atoms with Crippen molar-refractivity contribution >= 4 is 5.91 Å². The first-order chi connectivity index (χ1) is 14.7. The maximum Gasteiger partial charge on any atom is 0.275 e.